The molecular formula is C13H11ClN2O. The summed E-state index contributed by atoms with van der Waals surface area (Å²) in [5.74, 6) is 0.0724. The topological polar surface area (TPSA) is 33.2 Å². The minimum Gasteiger partial charge on any atom is -0.309 e. The number of aromatic nitrogens is 1. The summed E-state index contributed by atoms with van der Waals surface area (Å²) in [6, 6.07) is 9.73. The lowest BCUT2D eigenvalue weighted by atomic mass is 10.2. The van der Waals surface area contributed by atoms with Crippen molar-refractivity contribution in [2.75, 3.05) is 11.4 Å². The van der Waals surface area contributed by atoms with Gasteiger partial charge in [0.1, 0.15) is 0 Å². The van der Waals surface area contributed by atoms with Crippen LogP contribution in [0.3, 0.4) is 0 Å². The highest BCUT2D eigenvalue weighted by Gasteiger charge is 2.30. The maximum Gasteiger partial charge on any atom is 0.228 e. The molecule has 1 saturated heterocycles. The zero-order chi connectivity index (χ0) is 11.8. The smallest absolute Gasteiger partial charge is 0.228 e. The second kappa shape index (κ2) is 4.00. The third kappa shape index (κ3) is 1.76. The Labute approximate surface area is 104 Å². The minimum absolute atomic E-state index is 0.0724. The number of para-hydroxylation sites is 1. The van der Waals surface area contributed by atoms with Crippen molar-refractivity contribution in [1.29, 1.82) is 0 Å². The van der Waals surface area contributed by atoms with Gasteiger partial charge >= 0.3 is 0 Å². The molecule has 17 heavy (non-hydrogen) atoms. The van der Waals surface area contributed by atoms with Crippen molar-refractivity contribution in [3.63, 3.8) is 0 Å². The molecule has 1 atom stereocenters. The van der Waals surface area contributed by atoms with Gasteiger partial charge in [-0.2, -0.15) is 0 Å². The van der Waals surface area contributed by atoms with Crippen molar-refractivity contribution in [1.82, 2.24) is 4.98 Å². The van der Waals surface area contributed by atoms with Gasteiger partial charge in [0.2, 0.25) is 5.91 Å². The SMILES string of the molecule is O=C1CC(Cl)CN1c1cccc2cccnc12. The van der Waals surface area contributed by atoms with Crippen molar-refractivity contribution in [3.8, 4) is 0 Å². The van der Waals surface area contributed by atoms with Gasteiger partial charge in [0, 0.05) is 24.5 Å². The van der Waals surface area contributed by atoms with Crippen LogP contribution in [0.2, 0.25) is 0 Å². The van der Waals surface area contributed by atoms with Gasteiger partial charge in [-0.25, -0.2) is 0 Å². The number of rotatable bonds is 1. The number of alkyl halides is 1. The zero-order valence-corrected chi connectivity index (χ0v) is 9.89. The van der Waals surface area contributed by atoms with E-state index in [9.17, 15) is 4.79 Å². The third-order valence-corrected chi connectivity index (χ3v) is 3.27. The molecule has 2 aromatic rings. The Balaban J connectivity index is 2.14. The molecule has 1 aliphatic rings. The van der Waals surface area contributed by atoms with Crippen LogP contribution in [0.4, 0.5) is 5.69 Å². The molecule has 1 unspecified atom stereocenters. The highest BCUT2D eigenvalue weighted by Crippen LogP contribution is 2.29. The molecule has 4 heteroatoms. The van der Waals surface area contributed by atoms with E-state index in [2.05, 4.69) is 4.98 Å². The van der Waals surface area contributed by atoms with Crippen molar-refractivity contribution in [3.05, 3.63) is 36.5 Å². The second-order valence-electron chi connectivity index (χ2n) is 4.16. The van der Waals surface area contributed by atoms with E-state index >= 15 is 0 Å². The molecule has 3 nitrogen and oxygen atoms in total. The molecular weight excluding hydrogens is 236 g/mol. The van der Waals surface area contributed by atoms with Crippen LogP contribution in [-0.4, -0.2) is 22.8 Å². The van der Waals surface area contributed by atoms with Crippen LogP contribution >= 0.6 is 11.6 Å². The van der Waals surface area contributed by atoms with Gasteiger partial charge in [-0.1, -0.05) is 18.2 Å². The summed E-state index contributed by atoms with van der Waals surface area (Å²) < 4.78 is 0. The summed E-state index contributed by atoms with van der Waals surface area (Å²) >= 11 is 6.02. The van der Waals surface area contributed by atoms with E-state index in [0.29, 0.717) is 13.0 Å². The molecule has 86 valence electrons. The predicted octanol–water partition coefficient (Wildman–Crippen LogP) is 2.58. The minimum atomic E-state index is -0.0959. The van der Waals surface area contributed by atoms with E-state index in [0.717, 1.165) is 16.6 Å². The predicted molar refractivity (Wildman–Crippen MR) is 68.4 cm³/mol. The number of anilines is 1. The van der Waals surface area contributed by atoms with E-state index in [4.69, 9.17) is 11.6 Å². The highest BCUT2D eigenvalue weighted by molar-refractivity contribution is 6.24. The number of carbonyl (C=O) groups excluding carboxylic acids is 1. The van der Waals surface area contributed by atoms with E-state index in [1.165, 1.54) is 0 Å². The molecule has 2 heterocycles. The number of pyridine rings is 1. The Morgan fingerprint density at radius 1 is 1.29 bits per heavy atom. The number of fused-ring (bicyclic) bond motifs is 1. The van der Waals surface area contributed by atoms with E-state index in [1.807, 2.05) is 30.3 Å². The Hall–Kier alpha value is -1.61. The van der Waals surface area contributed by atoms with Gasteiger partial charge in [0.15, 0.2) is 0 Å². The third-order valence-electron chi connectivity index (χ3n) is 2.98. The normalized spacial score (nSPS) is 20.2. The quantitative estimate of drug-likeness (QED) is 0.725. The Morgan fingerprint density at radius 2 is 2.12 bits per heavy atom. The fourth-order valence-corrected chi connectivity index (χ4v) is 2.47. The largest absolute Gasteiger partial charge is 0.309 e. The molecule has 1 amide bonds. The maximum atomic E-state index is 11.8. The van der Waals surface area contributed by atoms with Gasteiger partial charge in [0.25, 0.3) is 0 Å². The molecule has 0 aliphatic carbocycles. The lowest BCUT2D eigenvalue weighted by Gasteiger charge is -2.17. The summed E-state index contributed by atoms with van der Waals surface area (Å²) in [5.41, 5.74) is 1.71. The average Bonchev–Trinajstić information content (AvgIpc) is 2.68. The highest BCUT2D eigenvalue weighted by atomic mass is 35.5. The summed E-state index contributed by atoms with van der Waals surface area (Å²) in [5, 5.41) is 0.942. The van der Waals surface area contributed by atoms with Crippen molar-refractivity contribution >= 4 is 34.1 Å². The summed E-state index contributed by atoms with van der Waals surface area (Å²) in [6.45, 7) is 0.566. The van der Waals surface area contributed by atoms with E-state index in [-0.39, 0.29) is 11.3 Å². The number of hydrogen-bond acceptors (Lipinski definition) is 2. The van der Waals surface area contributed by atoms with Gasteiger partial charge in [-0.05, 0) is 12.1 Å². The molecule has 1 fully saturated rings. The molecule has 0 radical (unpaired) electrons. The second-order valence-corrected chi connectivity index (χ2v) is 4.78. The maximum absolute atomic E-state index is 11.8. The fraction of sp³-hybridized carbons (Fsp3) is 0.231. The number of benzene rings is 1. The summed E-state index contributed by atoms with van der Waals surface area (Å²) in [4.78, 5) is 17.9. The molecule has 0 saturated carbocycles. The molecule has 0 bridgehead atoms. The summed E-state index contributed by atoms with van der Waals surface area (Å²) in [6.07, 6.45) is 2.15. The van der Waals surface area contributed by atoms with Gasteiger partial charge in [-0.15, -0.1) is 11.6 Å². The van der Waals surface area contributed by atoms with Crippen LogP contribution in [0, 0.1) is 0 Å². The van der Waals surface area contributed by atoms with Gasteiger partial charge in [0.05, 0.1) is 16.6 Å². The summed E-state index contributed by atoms with van der Waals surface area (Å²) in [7, 11) is 0. The number of hydrogen-bond donors (Lipinski definition) is 0. The Kier molecular flexibility index (Phi) is 2.48. The van der Waals surface area contributed by atoms with E-state index < -0.39 is 0 Å². The average molecular weight is 247 g/mol. The van der Waals surface area contributed by atoms with Crippen LogP contribution in [0.15, 0.2) is 36.5 Å². The van der Waals surface area contributed by atoms with Gasteiger partial charge in [-0.3, -0.25) is 9.78 Å². The molecule has 1 aromatic heterocycles. The molecule has 0 spiro atoms. The van der Waals surface area contributed by atoms with Crippen LogP contribution in [-0.2, 0) is 4.79 Å². The lowest BCUT2D eigenvalue weighted by molar-refractivity contribution is -0.117. The first kappa shape index (κ1) is 10.5. The molecule has 1 aromatic carbocycles. The first-order valence-electron chi connectivity index (χ1n) is 5.54. The number of amides is 1. The van der Waals surface area contributed by atoms with Crippen molar-refractivity contribution < 1.29 is 4.79 Å². The Morgan fingerprint density at radius 3 is 2.88 bits per heavy atom. The van der Waals surface area contributed by atoms with Crippen LogP contribution in [0.1, 0.15) is 6.42 Å². The molecule has 1 aliphatic heterocycles. The number of carbonyl (C=O) groups is 1. The first-order chi connectivity index (χ1) is 8.25. The van der Waals surface area contributed by atoms with Gasteiger partial charge < -0.3 is 4.90 Å². The number of nitrogens with zero attached hydrogens (tertiary/aromatic N) is 2. The van der Waals surface area contributed by atoms with Crippen LogP contribution < -0.4 is 4.90 Å². The number of halogens is 1. The Bertz CT molecular complexity index is 579. The van der Waals surface area contributed by atoms with Crippen LogP contribution in [0.25, 0.3) is 10.9 Å². The molecule has 0 N–H and O–H groups in total. The zero-order valence-electron chi connectivity index (χ0n) is 9.14. The molecule has 3 rings (SSSR count). The van der Waals surface area contributed by atoms with Crippen molar-refractivity contribution in [2.45, 2.75) is 11.8 Å². The first-order valence-corrected chi connectivity index (χ1v) is 5.97. The standard InChI is InChI=1S/C13H11ClN2O/c14-10-7-12(17)16(8-10)11-5-1-3-9-4-2-6-15-13(9)11/h1-6,10H,7-8H2. The monoisotopic (exact) mass is 246 g/mol. The fourth-order valence-electron chi connectivity index (χ4n) is 2.20. The van der Waals surface area contributed by atoms with Crippen molar-refractivity contribution in [2.24, 2.45) is 0 Å². The van der Waals surface area contributed by atoms with E-state index in [1.54, 1.807) is 11.1 Å². The van der Waals surface area contributed by atoms with Crippen LogP contribution in [0.5, 0.6) is 0 Å². The lowest BCUT2D eigenvalue weighted by Crippen LogP contribution is -2.24.